The quantitative estimate of drug-likeness (QED) is 0.397. The fourth-order valence-electron chi connectivity index (χ4n) is 5.26. The van der Waals surface area contributed by atoms with Gasteiger partial charge < -0.3 is 20.3 Å². The molecule has 4 aromatic rings. The summed E-state index contributed by atoms with van der Waals surface area (Å²) in [5.41, 5.74) is 1.04. The molecule has 6 rings (SSSR count). The normalized spacial score (nSPS) is 20.3. The highest BCUT2D eigenvalue weighted by molar-refractivity contribution is 6.36. The first-order valence-electron chi connectivity index (χ1n) is 12.4. The Kier molecular flexibility index (Phi) is 6.11. The van der Waals surface area contributed by atoms with Crippen LogP contribution in [0.4, 0.5) is 10.2 Å². The third-order valence-electron chi connectivity index (χ3n) is 7.22. The average Bonchev–Trinajstić information content (AvgIpc) is 3.24. The molecule has 0 aliphatic carbocycles. The molecule has 2 fully saturated rings. The number of fused-ring (bicyclic) bond motifs is 4. The van der Waals surface area contributed by atoms with Gasteiger partial charge >= 0.3 is 6.01 Å². The Morgan fingerprint density at radius 2 is 1.92 bits per heavy atom. The molecular formula is C27H28ClFN6O. The number of hydrogen-bond acceptors (Lipinski definition) is 7. The second kappa shape index (κ2) is 9.42. The van der Waals surface area contributed by atoms with Crippen LogP contribution in [0.15, 0.2) is 42.6 Å². The van der Waals surface area contributed by atoms with E-state index in [2.05, 4.69) is 25.5 Å². The molecule has 0 radical (unpaired) electrons. The van der Waals surface area contributed by atoms with Crippen molar-refractivity contribution in [2.45, 2.75) is 37.9 Å². The molecule has 7 nitrogen and oxygen atoms in total. The molecular weight excluding hydrogens is 479 g/mol. The standard InChI is InChI=1S/C27H28ClFN6O/c1-15(30-2)14-36-27-33-25-20(26(34-27)35-12-17-9-10-18(13-35)32-17)11-31-24(23(25)29)19-7-3-5-16-6-4-8-21(28)22(16)19/h3-8,11,15,17-18,30,32H,9-10,12-14H2,1-2H3. The first kappa shape index (κ1) is 23.3. The summed E-state index contributed by atoms with van der Waals surface area (Å²) in [6.07, 6.45) is 3.94. The van der Waals surface area contributed by atoms with Gasteiger partial charge in [0.25, 0.3) is 0 Å². The van der Waals surface area contributed by atoms with Crippen LogP contribution in [0.1, 0.15) is 19.8 Å². The molecule has 4 heterocycles. The van der Waals surface area contributed by atoms with Gasteiger partial charge in [0.1, 0.15) is 23.6 Å². The van der Waals surface area contributed by atoms with E-state index in [4.69, 9.17) is 21.3 Å². The number of halogens is 2. The number of pyridine rings is 1. The highest BCUT2D eigenvalue weighted by Crippen LogP contribution is 2.38. The van der Waals surface area contributed by atoms with Crippen molar-refractivity contribution in [2.24, 2.45) is 0 Å². The summed E-state index contributed by atoms with van der Waals surface area (Å²) in [5.74, 6) is 0.160. The molecule has 2 aliphatic heterocycles. The van der Waals surface area contributed by atoms with Gasteiger partial charge in [-0.3, -0.25) is 4.98 Å². The number of nitrogens with one attached hydrogen (secondary N) is 2. The van der Waals surface area contributed by atoms with E-state index >= 15 is 4.39 Å². The third-order valence-corrected chi connectivity index (χ3v) is 7.54. The van der Waals surface area contributed by atoms with Crippen molar-refractivity contribution in [3.8, 4) is 17.3 Å². The van der Waals surface area contributed by atoms with E-state index in [0.29, 0.717) is 40.5 Å². The molecule has 3 unspecified atom stereocenters. The summed E-state index contributed by atoms with van der Waals surface area (Å²) < 4.78 is 22.2. The first-order valence-corrected chi connectivity index (χ1v) is 12.7. The number of benzene rings is 2. The SMILES string of the molecule is CNC(C)COc1nc(N2CC3CCC(C2)N3)c2cnc(-c3cccc4cccc(Cl)c34)c(F)c2n1. The molecule has 3 atom stereocenters. The fraction of sp³-hybridized carbons (Fsp3) is 0.370. The van der Waals surface area contributed by atoms with Gasteiger partial charge in [0, 0.05) is 53.4 Å². The number of aromatic nitrogens is 3. The second-order valence-corrected chi connectivity index (χ2v) is 10.1. The van der Waals surface area contributed by atoms with E-state index in [9.17, 15) is 0 Å². The molecule has 2 aliphatic rings. The van der Waals surface area contributed by atoms with Gasteiger partial charge in [-0.05, 0) is 38.3 Å². The van der Waals surface area contributed by atoms with Crippen molar-refractivity contribution in [3.63, 3.8) is 0 Å². The number of nitrogens with zero attached hydrogens (tertiary/aromatic N) is 4. The topological polar surface area (TPSA) is 75.2 Å². The van der Waals surface area contributed by atoms with Crippen molar-refractivity contribution in [1.82, 2.24) is 25.6 Å². The lowest BCUT2D eigenvalue weighted by atomic mass is 10.0. The minimum atomic E-state index is -0.506. The first-order chi connectivity index (χ1) is 17.5. The van der Waals surface area contributed by atoms with E-state index in [1.54, 1.807) is 12.3 Å². The predicted octanol–water partition coefficient (Wildman–Crippen LogP) is 4.56. The number of ether oxygens (including phenoxy) is 1. The smallest absolute Gasteiger partial charge is 0.319 e. The number of hydrogen-bond donors (Lipinski definition) is 2. The second-order valence-electron chi connectivity index (χ2n) is 9.70. The predicted molar refractivity (Wildman–Crippen MR) is 141 cm³/mol. The maximum Gasteiger partial charge on any atom is 0.319 e. The Labute approximate surface area is 214 Å². The molecule has 2 aromatic carbocycles. The molecule has 0 spiro atoms. The number of anilines is 1. The molecule has 0 saturated carbocycles. The number of rotatable bonds is 6. The van der Waals surface area contributed by atoms with Crippen molar-refractivity contribution in [1.29, 1.82) is 0 Å². The largest absolute Gasteiger partial charge is 0.462 e. The van der Waals surface area contributed by atoms with Crippen LogP contribution in [0, 0.1) is 5.82 Å². The molecule has 2 saturated heterocycles. The number of piperazine rings is 1. The van der Waals surface area contributed by atoms with Crippen LogP contribution >= 0.6 is 11.6 Å². The molecule has 186 valence electrons. The fourth-order valence-corrected chi connectivity index (χ4v) is 5.54. The molecule has 36 heavy (non-hydrogen) atoms. The highest BCUT2D eigenvalue weighted by atomic mass is 35.5. The van der Waals surface area contributed by atoms with Crippen LogP contribution in [0.25, 0.3) is 32.9 Å². The van der Waals surface area contributed by atoms with Crippen molar-refractivity contribution >= 4 is 39.1 Å². The van der Waals surface area contributed by atoms with Crippen LogP contribution in [0.3, 0.4) is 0 Å². The van der Waals surface area contributed by atoms with Crippen LogP contribution in [-0.4, -0.2) is 59.8 Å². The zero-order valence-corrected chi connectivity index (χ0v) is 21.0. The zero-order chi connectivity index (χ0) is 24.8. The Balaban J connectivity index is 1.51. The summed E-state index contributed by atoms with van der Waals surface area (Å²) in [6, 6.07) is 12.4. The van der Waals surface area contributed by atoms with Crippen molar-refractivity contribution in [2.75, 3.05) is 31.6 Å². The Morgan fingerprint density at radius 1 is 1.17 bits per heavy atom. The molecule has 0 amide bonds. The molecule has 2 N–H and O–H groups in total. The lowest BCUT2D eigenvalue weighted by molar-refractivity contribution is 0.260. The van der Waals surface area contributed by atoms with Crippen LogP contribution < -0.4 is 20.3 Å². The monoisotopic (exact) mass is 506 g/mol. The van der Waals surface area contributed by atoms with Crippen LogP contribution in [0.5, 0.6) is 6.01 Å². The van der Waals surface area contributed by atoms with Gasteiger partial charge in [0.2, 0.25) is 0 Å². The summed E-state index contributed by atoms with van der Waals surface area (Å²) in [4.78, 5) is 16.1. The van der Waals surface area contributed by atoms with Crippen LogP contribution in [0.2, 0.25) is 5.02 Å². The van der Waals surface area contributed by atoms with Crippen LogP contribution in [-0.2, 0) is 0 Å². The maximum atomic E-state index is 16.3. The Morgan fingerprint density at radius 3 is 2.67 bits per heavy atom. The average molecular weight is 507 g/mol. The summed E-state index contributed by atoms with van der Waals surface area (Å²) in [5, 5.41) is 9.59. The van der Waals surface area contributed by atoms with Crippen molar-refractivity contribution in [3.05, 3.63) is 53.4 Å². The minimum absolute atomic E-state index is 0.0958. The number of likely N-dealkylation sites (N-methyl/N-ethyl adjacent to an activating group) is 1. The molecule has 2 bridgehead atoms. The third kappa shape index (κ3) is 4.13. The zero-order valence-electron chi connectivity index (χ0n) is 20.3. The minimum Gasteiger partial charge on any atom is -0.462 e. The Bertz CT molecular complexity index is 1430. The Hall–Kier alpha value is -3.07. The summed E-state index contributed by atoms with van der Waals surface area (Å²) >= 11 is 6.54. The highest BCUT2D eigenvalue weighted by Gasteiger charge is 2.34. The van der Waals surface area contributed by atoms with Crippen molar-refractivity contribution < 1.29 is 9.13 Å². The van der Waals surface area contributed by atoms with E-state index in [-0.39, 0.29) is 23.3 Å². The van der Waals surface area contributed by atoms with Gasteiger partial charge in [-0.1, -0.05) is 41.9 Å². The summed E-state index contributed by atoms with van der Waals surface area (Å²) in [6.45, 7) is 3.98. The molecule has 2 aromatic heterocycles. The van der Waals surface area contributed by atoms with Gasteiger partial charge in [0.05, 0.1) is 5.39 Å². The molecule has 9 heteroatoms. The van der Waals surface area contributed by atoms with Gasteiger partial charge in [-0.2, -0.15) is 9.97 Å². The van der Waals surface area contributed by atoms with Gasteiger partial charge in [0.15, 0.2) is 5.82 Å². The lowest BCUT2D eigenvalue weighted by Gasteiger charge is -2.34. The lowest BCUT2D eigenvalue weighted by Crippen LogP contribution is -2.51. The van der Waals surface area contributed by atoms with E-state index in [0.717, 1.165) is 36.7 Å². The maximum absolute atomic E-state index is 16.3. The summed E-state index contributed by atoms with van der Waals surface area (Å²) in [7, 11) is 1.87. The van der Waals surface area contributed by atoms with E-state index in [1.165, 1.54) is 0 Å². The van der Waals surface area contributed by atoms with Gasteiger partial charge in [-0.25, -0.2) is 4.39 Å². The van der Waals surface area contributed by atoms with Gasteiger partial charge in [-0.15, -0.1) is 0 Å². The van der Waals surface area contributed by atoms with E-state index < -0.39 is 5.82 Å². The van der Waals surface area contributed by atoms with E-state index in [1.807, 2.05) is 44.3 Å².